The summed E-state index contributed by atoms with van der Waals surface area (Å²) in [6, 6.07) is 9.53. The summed E-state index contributed by atoms with van der Waals surface area (Å²) < 4.78 is 28.5. The zero-order valence-corrected chi connectivity index (χ0v) is 12.5. The lowest BCUT2D eigenvalue weighted by Crippen LogP contribution is -2.58. The molecule has 1 aromatic carbocycles. The third-order valence-corrected chi connectivity index (χ3v) is 4.11. The molecule has 0 saturated carbocycles. The monoisotopic (exact) mass is 306 g/mol. The van der Waals surface area contributed by atoms with E-state index < -0.39 is 30.1 Å². The van der Waals surface area contributed by atoms with Crippen molar-refractivity contribution in [3.63, 3.8) is 0 Å². The van der Waals surface area contributed by atoms with E-state index in [0.29, 0.717) is 0 Å². The molecule has 1 aromatic rings. The molecule has 2 unspecified atom stereocenters. The maximum absolute atomic E-state index is 12.8. The number of hydrogen-bond donors (Lipinski definition) is 0. The van der Waals surface area contributed by atoms with Crippen LogP contribution in [0.4, 0.5) is 0 Å². The van der Waals surface area contributed by atoms with Crippen molar-refractivity contribution >= 4 is 5.78 Å². The number of rotatable bonds is 1. The molecule has 3 aliphatic rings. The van der Waals surface area contributed by atoms with Gasteiger partial charge in [0.1, 0.15) is 12.7 Å². The highest BCUT2D eigenvalue weighted by Gasteiger charge is 2.61. The molecule has 3 heterocycles. The highest BCUT2D eigenvalue weighted by molar-refractivity contribution is 5.92. The maximum Gasteiger partial charge on any atom is 0.258 e. The highest BCUT2D eigenvalue weighted by Crippen LogP contribution is 2.42. The molecule has 6 nitrogen and oxygen atoms in total. The maximum atomic E-state index is 12.8. The SMILES string of the molecule is CC1(C)OC[C@]2(OC[C@H]3OC(c4ccccc4)OC3C2=O)O1. The lowest BCUT2D eigenvalue weighted by Gasteiger charge is -2.35. The smallest absolute Gasteiger partial charge is 0.258 e. The minimum atomic E-state index is -1.38. The van der Waals surface area contributed by atoms with Crippen LogP contribution in [0.2, 0.25) is 0 Å². The van der Waals surface area contributed by atoms with Crippen molar-refractivity contribution in [2.45, 2.75) is 43.9 Å². The van der Waals surface area contributed by atoms with Gasteiger partial charge in [-0.2, -0.15) is 0 Å². The predicted octanol–water partition coefficient (Wildman–Crippen LogP) is 1.55. The van der Waals surface area contributed by atoms with Gasteiger partial charge in [-0.05, 0) is 13.8 Å². The van der Waals surface area contributed by atoms with Gasteiger partial charge < -0.3 is 23.7 Å². The molecule has 3 aliphatic heterocycles. The fourth-order valence-electron chi connectivity index (χ4n) is 3.03. The molecule has 0 radical (unpaired) electrons. The van der Waals surface area contributed by atoms with E-state index >= 15 is 0 Å². The number of Topliss-reactive ketones (excluding diaryl/α,β-unsaturated/α-hetero) is 1. The second-order valence-corrected chi connectivity index (χ2v) is 6.19. The number of carbonyl (C=O) groups excluding carboxylic acids is 1. The number of benzene rings is 1. The summed E-state index contributed by atoms with van der Waals surface area (Å²) in [5.74, 6) is -2.49. The first-order chi connectivity index (χ1) is 10.5. The van der Waals surface area contributed by atoms with E-state index in [1.54, 1.807) is 13.8 Å². The largest absolute Gasteiger partial charge is 0.344 e. The van der Waals surface area contributed by atoms with E-state index in [1.165, 1.54) is 0 Å². The first-order valence-corrected chi connectivity index (χ1v) is 7.37. The average Bonchev–Trinajstić information content (AvgIpc) is 3.07. The predicted molar refractivity (Wildman–Crippen MR) is 73.7 cm³/mol. The van der Waals surface area contributed by atoms with Gasteiger partial charge in [0.25, 0.3) is 5.79 Å². The molecule has 0 amide bonds. The van der Waals surface area contributed by atoms with Gasteiger partial charge >= 0.3 is 0 Å². The van der Waals surface area contributed by atoms with Crippen LogP contribution in [0.5, 0.6) is 0 Å². The van der Waals surface area contributed by atoms with E-state index in [-0.39, 0.29) is 19.0 Å². The van der Waals surface area contributed by atoms with Crippen LogP contribution in [0.25, 0.3) is 0 Å². The summed E-state index contributed by atoms with van der Waals surface area (Å²) in [6.45, 7) is 3.81. The van der Waals surface area contributed by atoms with Gasteiger partial charge in [0.15, 0.2) is 18.2 Å². The highest BCUT2D eigenvalue weighted by atomic mass is 16.8. The summed E-state index contributed by atoms with van der Waals surface area (Å²) in [4.78, 5) is 12.8. The van der Waals surface area contributed by atoms with E-state index in [9.17, 15) is 4.79 Å². The minimum Gasteiger partial charge on any atom is -0.344 e. The van der Waals surface area contributed by atoms with Gasteiger partial charge in [-0.3, -0.25) is 4.79 Å². The molecule has 4 atom stereocenters. The number of fused-ring (bicyclic) bond motifs is 1. The molecule has 22 heavy (non-hydrogen) atoms. The first-order valence-electron chi connectivity index (χ1n) is 7.37. The molecular weight excluding hydrogens is 288 g/mol. The van der Waals surface area contributed by atoms with E-state index in [0.717, 1.165) is 5.56 Å². The van der Waals surface area contributed by atoms with Crippen molar-refractivity contribution in [3.8, 4) is 0 Å². The van der Waals surface area contributed by atoms with Crippen LogP contribution in [0, 0.1) is 0 Å². The third-order valence-electron chi connectivity index (χ3n) is 4.11. The topological polar surface area (TPSA) is 63.2 Å². The first kappa shape index (κ1) is 14.3. The van der Waals surface area contributed by atoms with Crippen LogP contribution >= 0.6 is 0 Å². The quantitative estimate of drug-likeness (QED) is 0.784. The molecule has 0 bridgehead atoms. The zero-order valence-electron chi connectivity index (χ0n) is 12.5. The molecule has 0 N–H and O–H groups in total. The molecule has 1 spiro atoms. The summed E-state index contributed by atoms with van der Waals surface area (Å²) >= 11 is 0. The van der Waals surface area contributed by atoms with Crippen LogP contribution in [0.1, 0.15) is 25.7 Å². The van der Waals surface area contributed by atoms with Crippen LogP contribution in [-0.2, 0) is 28.5 Å². The number of ketones is 1. The minimum absolute atomic E-state index is 0.0709. The second kappa shape index (κ2) is 4.84. The fraction of sp³-hybridized carbons (Fsp3) is 0.562. The van der Waals surface area contributed by atoms with Gasteiger partial charge in [-0.1, -0.05) is 30.3 Å². The molecular formula is C16H18O6. The summed E-state index contributed by atoms with van der Waals surface area (Å²) in [5.41, 5.74) is 0.877. The van der Waals surface area contributed by atoms with Gasteiger partial charge in [0.2, 0.25) is 5.78 Å². The number of hydrogen-bond acceptors (Lipinski definition) is 6. The Bertz CT molecular complexity index is 586. The molecule has 0 aromatic heterocycles. The van der Waals surface area contributed by atoms with Gasteiger partial charge in [0.05, 0.1) is 6.61 Å². The number of carbonyl (C=O) groups is 1. The van der Waals surface area contributed by atoms with E-state index in [4.69, 9.17) is 23.7 Å². The lowest BCUT2D eigenvalue weighted by atomic mass is 9.99. The molecule has 118 valence electrons. The number of ether oxygens (including phenoxy) is 5. The van der Waals surface area contributed by atoms with Gasteiger partial charge in [0, 0.05) is 5.56 Å². The summed E-state index contributed by atoms with van der Waals surface area (Å²) in [6.07, 6.45) is -1.68. The van der Waals surface area contributed by atoms with Crippen LogP contribution in [0.3, 0.4) is 0 Å². The van der Waals surface area contributed by atoms with Crippen LogP contribution < -0.4 is 0 Å². The Kier molecular flexibility index (Phi) is 3.15. The molecule has 3 fully saturated rings. The van der Waals surface area contributed by atoms with Crippen molar-refractivity contribution in [1.82, 2.24) is 0 Å². The Balaban J connectivity index is 1.55. The second-order valence-electron chi connectivity index (χ2n) is 6.19. The fourth-order valence-corrected chi connectivity index (χ4v) is 3.03. The van der Waals surface area contributed by atoms with Crippen molar-refractivity contribution in [3.05, 3.63) is 35.9 Å². The Morgan fingerprint density at radius 1 is 1.09 bits per heavy atom. The third kappa shape index (κ3) is 2.19. The molecule has 6 heteroatoms. The molecule has 3 saturated heterocycles. The summed E-state index contributed by atoms with van der Waals surface area (Å²) in [7, 11) is 0. The van der Waals surface area contributed by atoms with Crippen LogP contribution in [0.15, 0.2) is 30.3 Å². The van der Waals surface area contributed by atoms with Crippen molar-refractivity contribution in [2.75, 3.05) is 13.2 Å². The van der Waals surface area contributed by atoms with Crippen molar-refractivity contribution < 1.29 is 28.5 Å². The van der Waals surface area contributed by atoms with E-state index in [2.05, 4.69) is 0 Å². The summed E-state index contributed by atoms with van der Waals surface area (Å²) in [5, 5.41) is 0. The molecule has 0 aliphatic carbocycles. The Morgan fingerprint density at radius 2 is 1.86 bits per heavy atom. The normalized spacial score (nSPS) is 40.1. The average molecular weight is 306 g/mol. The van der Waals surface area contributed by atoms with Crippen LogP contribution in [-0.4, -0.2) is 42.8 Å². The van der Waals surface area contributed by atoms with Gasteiger partial charge in [-0.25, -0.2) is 0 Å². The standard InChI is InChI=1S/C16H18O6/c1-15(2)19-9-16(22-15)13(17)12-11(8-18-16)20-14(21-12)10-6-4-3-5-7-10/h3-7,11-12,14H,8-9H2,1-2H3/t11-,12?,14?,16+/m1/s1. The zero-order chi connectivity index (χ0) is 15.4. The van der Waals surface area contributed by atoms with Crippen molar-refractivity contribution in [1.29, 1.82) is 0 Å². The Hall–Kier alpha value is -1.31. The molecule has 4 rings (SSSR count). The Labute approximate surface area is 128 Å². The van der Waals surface area contributed by atoms with Crippen molar-refractivity contribution in [2.24, 2.45) is 0 Å². The van der Waals surface area contributed by atoms with E-state index in [1.807, 2.05) is 30.3 Å². The lowest BCUT2D eigenvalue weighted by molar-refractivity contribution is -0.263. The van der Waals surface area contributed by atoms with Gasteiger partial charge in [-0.15, -0.1) is 0 Å². The Morgan fingerprint density at radius 3 is 2.55 bits per heavy atom.